The summed E-state index contributed by atoms with van der Waals surface area (Å²) in [6.07, 6.45) is 8.42. The van der Waals surface area contributed by atoms with Gasteiger partial charge in [-0.1, -0.05) is 12.1 Å². The van der Waals surface area contributed by atoms with Crippen molar-refractivity contribution in [2.75, 3.05) is 36.6 Å². The molecule has 0 spiro atoms. The summed E-state index contributed by atoms with van der Waals surface area (Å²) in [6, 6.07) is 18.1. The quantitative estimate of drug-likeness (QED) is 0.276. The molecule has 4 rings (SSSR count). The summed E-state index contributed by atoms with van der Waals surface area (Å²) < 4.78 is 0. The first-order chi connectivity index (χ1) is 18.4. The highest BCUT2D eigenvalue weighted by molar-refractivity contribution is 6.06. The molecule has 0 atom stereocenters. The van der Waals surface area contributed by atoms with Crippen molar-refractivity contribution in [3.8, 4) is 11.3 Å². The number of anilines is 4. The number of rotatable bonds is 9. The first-order valence-corrected chi connectivity index (χ1v) is 12.0. The third-order valence-corrected chi connectivity index (χ3v) is 5.51. The minimum Gasteiger partial charge on any atom is -0.324 e. The number of carbonyl (C=O) groups excluding carboxylic acids is 2. The van der Waals surface area contributed by atoms with Crippen molar-refractivity contribution in [3.63, 3.8) is 0 Å². The van der Waals surface area contributed by atoms with Gasteiger partial charge in [0.1, 0.15) is 0 Å². The van der Waals surface area contributed by atoms with Gasteiger partial charge in [0.2, 0.25) is 11.9 Å². The molecule has 0 fully saturated rings. The van der Waals surface area contributed by atoms with E-state index in [0.717, 1.165) is 22.5 Å². The zero-order chi connectivity index (χ0) is 26.9. The highest BCUT2D eigenvalue weighted by Gasteiger charge is 2.10. The van der Waals surface area contributed by atoms with Crippen molar-refractivity contribution >= 4 is 34.8 Å². The maximum Gasteiger partial charge on any atom is 0.255 e. The van der Waals surface area contributed by atoms with Gasteiger partial charge in [0.15, 0.2) is 0 Å². The summed E-state index contributed by atoms with van der Waals surface area (Å²) in [7, 11) is 3.85. The van der Waals surface area contributed by atoms with E-state index >= 15 is 0 Å². The fourth-order valence-corrected chi connectivity index (χ4v) is 3.51. The Hall–Kier alpha value is -4.89. The molecular weight excluding hydrogens is 478 g/mol. The molecule has 3 N–H and O–H groups in total. The van der Waals surface area contributed by atoms with Gasteiger partial charge in [-0.25, -0.2) is 9.97 Å². The number of carbonyl (C=O) groups is 2. The van der Waals surface area contributed by atoms with Gasteiger partial charge in [0.25, 0.3) is 5.91 Å². The lowest BCUT2D eigenvalue weighted by molar-refractivity contribution is -0.111. The van der Waals surface area contributed by atoms with Crippen molar-refractivity contribution in [2.45, 2.75) is 6.92 Å². The molecule has 0 aliphatic rings. The van der Waals surface area contributed by atoms with Gasteiger partial charge < -0.3 is 20.9 Å². The zero-order valence-corrected chi connectivity index (χ0v) is 21.5. The molecule has 9 nitrogen and oxygen atoms in total. The summed E-state index contributed by atoms with van der Waals surface area (Å²) >= 11 is 0. The summed E-state index contributed by atoms with van der Waals surface area (Å²) in [5.74, 6) is -0.0728. The van der Waals surface area contributed by atoms with Crippen LogP contribution in [-0.4, -0.2) is 52.3 Å². The number of amides is 2. The van der Waals surface area contributed by atoms with Crippen molar-refractivity contribution in [2.24, 2.45) is 0 Å². The van der Waals surface area contributed by atoms with E-state index < -0.39 is 0 Å². The lowest BCUT2D eigenvalue weighted by atomic mass is 10.1. The molecule has 2 amide bonds. The molecule has 2 aromatic heterocycles. The monoisotopic (exact) mass is 507 g/mol. The van der Waals surface area contributed by atoms with Crippen LogP contribution < -0.4 is 16.0 Å². The lowest BCUT2D eigenvalue weighted by Gasteiger charge is -2.11. The number of aryl methyl sites for hydroxylation is 1. The summed E-state index contributed by atoms with van der Waals surface area (Å²) in [5, 5.41) is 8.90. The van der Waals surface area contributed by atoms with Crippen molar-refractivity contribution in [1.29, 1.82) is 0 Å². The maximum atomic E-state index is 12.9. The van der Waals surface area contributed by atoms with Crippen molar-refractivity contribution < 1.29 is 9.59 Å². The Labute approximate surface area is 221 Å². The first-order valence-electron chi connectivity index (χ1n) is 12.0. The van der Waals surface area contributed by atoms with Crippen LogP contribution in [-0.2, 0) is 4.79 Å². The second-order valence-corrected chi connectivity index (χ2v) is 8.85. The predicted octanol–water partition coefficient (Wildman–Crippen LogP) is 4.90. The Kier molecular flexibility index (Phi) is 8.53. The van der Waals surface area contributed by atoms with Crippen LogP contribution in [0.15, 0.2) is 91.4 Å². The van der Waals surface area contributed by atoms with Crippen LogP contribution in [0.1, 0.15) is 15.9 Å². The molecule has 4 aromatic rings. The molecule has 0 radical (unpaired) electrons. The SMILES string of the molecule is Cc1ccc(C(=O)Nc2ccc(Nc3nccc(-c4cccnc4)n3)cc2)cc1NC(=O)/C=C/CN(C)C. The minimum absolute atomic E-state index is 0.245. The Morgan fingerprint density at radius 1 is 0.947 bits per heavy atom. The van der Waals surface area contributed by atoms with E-state index in [-0.39, 0.29) is 11.8 Å². The third kappa shape index (κ3) is 7.31. The van der Waals surface area contributed by atoms with Gasteiger partial charge in [-0.2, -0.15) is 0 Å². The highest BCUT2D eigenvalue weighted by Crippen LogP contribution is 2.21. The van der Waals surface area contributed by atoms with E-state index in [9.17, 15) is 9.59 Å². The fraction of sp³-hybridized carbons (Fsp3) is 0.138. The Morgan fingerprint density at radius 2 is 1.74 bits per heavy atom. The standard InChI is InChI=1S/C29H29N7O2/c1-20-8-9-21(18-26(20)34-27(37)7-5-17-36(2)3)28(38)32-23-10-12-24(13-11-23)33-29-31-16-14-25(35-29)22-6-4-15-30-19-22/h4-16,18-19H,17H2,1-3H3,(H,32,38)(H,34,37)(H,31,33,35)/b7-5+. The van der Waals surface area contributed by atoms with Crippen LogP contribution in [0.2, 0.25) is 0 Å². The topological polar surface area (TPSA) is 112 Å². The minimum atomic E-state index is -0.281. The summed E-state index contributed by atoms with van der Waals surface area (Å²) in [4.78, 5) is 40.0. The molecule has 192 valence electrons. The molecule has 0 unspecified atom stereocenters. The predicted molar refractivity (Wildman–Crippen MR) is 150 cm³/mol. The van der Waals surface area contributed by atoms with Crippen molar-refractivity contribution in [1.82, 2.24) is 19.9 Å². The fourth-order valence-electron chi connectivity index (χ4n) is 3.51. The molecule has 0 aliphatic heterocycles. The summed E-state index contributed by atoms with van der Waals surface area (Å²) in [6.45, 7) is 2.54. The van der Waals surface area contributed by atoms with Gasteiger partial charge in [-0.05, 0) is 81.2 Å². The molecule has 38 heavy (non-hydrogen) atoms. The number of nitrogens with one attached hydrogen (secondary N) is 3. The molecule has 0 saturated carbocycles. The first kappa shape index (κ1) is 26.2. The number of pyridine rings is 1. The number of nitrogens with zero attached hydrogens (tertiary/aromatic N) is 4. The van der Waals surface area contributed by atoms with Gasteiger partial charge in [0, 0.05) is 59.4 Å². The van der Waals surface area contributed by atoms with Gasteiger partial charge >= 0.3 is 0 Å². The Morgan fingerprint density at radius 3 is 2.47 bits per heavy atom. The number of aromatic nitrogens is 3. The molecular formula is C29H29N7O2. The molecule has 0 saturated heterocycles. The average molecular weight is 508 g/mol. The Bertz CT molecular complexity index is 1440. The van der Waals surface area contributed by atoms with Gasteiger partial charge in [-0.3, -0.25) is 14.6 Å². The maximum absolute atomic E-state index is 12.9. The highest BCUT2D eigenvalue weighted by atomic mass is 16.2. The molecule has 0 bridgehead atoms. The van der Waals surface area contributed by atoms with Crippen LogP contribution >= 0.6 is 0 Å². The second kappa shape index (κ2) is 12.4. The van der Waals surface area contributed by atoms with Crippen LogP contribution in [0, 0.1) is 6.92 Å². The molecule has 2 aromatic carbocycles. The number of benzene rings is 2. The van der Waals surface area contributed by atoms with E-state index in [1.165, 1.54) is 6.08 Å². The zero-order valence-electron chi connectivity index (χ0n) is 21.5. The van der Waals surface area contributed by atoms with E-state index in [4.69, 9.17) is 0 Å². The van der Waals surface area contributed by atoms with Crippen LogP contribution in [0.4, 0.5) is 23.0 Å². The number of likely N-dealkylation sites (N-methyl/N-ethyl adjacent to an activating group) is 1. The number of hydrogen-bond acceptors (Lipinski definition) is 7. The van der Waals surface area contributed by atoms with E-state index in [1.54, 1.807) is 55.0 Å². The van der Waals surface area contributed by atoms with E-state index in [0.29, 0.717) is 29.4 Å². The third-order valence-electron chi connectivity index (χ3n) is 5.51. The van der Waals surface area contributed by atoms with E-state index in [1.807, 2.05) is 56.3 Å². The van der Waals surface area contributed by atoms with E-state index in [2.05, 4.69) is 30.9 Å². The van der Waals surface area contributed by atoms with Gasteiger partial charge in [0.05, 0.1) is 5.69 Å². The average Bonchev–Trinajstić information content (AvgIpc) is 2.91. The lowest BCUT2D eigenvalue weighted by Crippen LogP contribution is -2.15. The molecule has 2 heterocycles. The van der Waals surface area contributed by atoms with Crippen LogP contribution in [0.5, 0.6) is 0 Å². The van der Waals surface area contributed by atoms with Gasteiger partial charge in [-0.15, -0.1) is 0 Å². The largest absolute Gasteiger partial charge is 0.324 e. The van der Waals surface area contributed by atoms with Crippen LogP contribution in [0.3, 0.4) is 0 Å². The molecule has 9 heteroatoms. The molecule has 0 aliphatic carbocycles. The smallest absolute Gasteiger partial charge is 0.255 e. The Balaban J connectivity index is 1.38. The van der Waals surface area contributed by atoms with Crippen molar-refractivity contribution in [3.05, 3.63) is 103 Å². The van der Waals surface area contributed by atoms with Crippen LogP contribution in [0.25, 0.3) is 11.3 Å². The second-order valence-electron chi connectivity index (χ2n) is 8.85. The summed E-state index contributed by atoms with van der Waals surface area (Å²) in [5.41, 5.74) is 4.95. The normalized spacial score (nSPS) is 10.9. The number of hydrogen-bond donors (Lipinski definition) is 3.